The van der Waals surface area contributed by atoms with Crippen LogP contribution in [0.3, 0.4) is 0 Å². The topological polar surface area (TPSA) is 40.6 Å². The first kappa shape index (κ1) is 20.0. The zero-order chi connectivity index (χ0) is 20.4. The molecule has 0 bridgehead atoms. The maximum absolute atomic E-state index is 14.4. The number of halogens is 2. The van der Waals surface area contributed by atoms with Gasteiger partial charge in [0.15, 0.2) is 0 Å². The molecule has 4 nitrogen and oxygen atoms in total. The molecular weight excluding hydrogens is 411 g/mol. The van der Waals surface area contributed by atoms with Crippen molar-refractivity contribution < 1.29 is 14.0 Å². The van der Waals surface area contributed by atoms with Crippen LogP contribution in [0.1, 0.15) is 25.7 Å². The second-order valence-electron chi connectivity index (χ2n) is 7.03. The Labute approximate surface area is 178 Å². The van der Waals surface area contributed by atoms with Gasteiger partial charge in [-0.15, -0.1) is 0 Å². The van der Waals surface area contributed by atoms with Crippen LogP contribution in [0.5, 0.6) is 0 Å². The van der Waals surface area contributed by atoms with Crippen LogP contribution in [0.2, 0.25) is 5.02 Å². The number of thioether (sulfide) groups is 1. The molecule has 0 radical (unpaired) electrons. The smallest absolute Gasteiger partial charge is 0.283 e. The van der Waals surface area contributed by atoms with Gasteiger partial charge >= 0.3 is 0 Å². The molecule has 0 N–H and O–H groups in total. The van der Waals surface area contributed by atoms with Gasteiger partial charge in [0.1, 0.15) is 16.4 Å². The fourth-order valence-electron chi connectivity index (χ4n) is 3.64. The molecule has 4 rings (SSSR count). The van der Waals surface area contributed by atoms with E-state index >= 15 is 0 Å². The molecule has 0 atom stereocenters. The van der Waals surface area contributed by atoms with E-state index in [-0.39, 0.29) is 5.69 Å². The highest BCUT2D eigenvalue weighted by atomic mass is 35.5. The normalized spacial score (nSPS) is 17.9. The van der Waals surface area contributed by atoms with E-state index in [1.165, 1.54) is 30.0 Å². The second-order valence-corrected chi connectivity index (χ2v) is 8.55. The van der Waals surface area contributed by atoms with Crippen molar-refractivity contribution in [2.75, 3.05) is 18.0 Å². The molecule has 7 heteroatoms. The van der Waals surface area contributed by atoms with Crippen molar-refractivity contribution in [1.29, 1.82) is 0 Å². The van der Waals surface area contributed by atoms with Crippen molar-refractivity contribution in [3.05, 3.63) is 70.0 Å². The van der Waals surface area contributed by atoms with E-state index in [0.29, 0.717) is 28.7 Å². The van der Waals surface area contributed by atoms with Crippen LogP contribution in [0.4, 0.5) is 10.1 Å². The first-order chi connectivity index (χ1) is 14.1. The summed E-state index contributed by atoms with van der Waals surface area (Å²) in [7, 11) is 0. The number of benzene rings is 2. The number of hydrogen-bond acceptors (Lipinski definition) is 4. The second kappa shape index (κ2) is 8.59. The van der Waals surface area contributed by atoms with Gasteiger partial charge in [-0.1, -0.05) is 48.3 Å². The number of carbonyl (C=O) groups is 2. The Balaban J connectivity index is 1.75. The van der Waals surface area contributed by atoms with Gasteiger partial charge in [-0.05, 0) is 49.2 Å². The number of carbonyl (C=O) groups excluding carboxylic acids is 2. The van der Waals surface area contributed by atoms with Crippen molar-refractivity contribution in [3.63, 3.8) is 0 Å². The Morgan fingerprint density at radius 2 is 1.52 bits per heavy atom. The molecule has 0 aliphatic carbocycles. The lowest BCUT2D eigenvalue weighted by atomic mass is 10.2. The standard InChI is InChI=1S/C22H20ClFN2O2S/c23-15-9-11-16(12-10-15)29-20-19(25-13-5-1-2-6-14-25)21(27)26(22(20)28)18-8-4-3-7-17(18)24/h3-4,7-12H,1-2,5-6,13-14H2. The summed E-state index contributed by atoms with van der Waals surface area (Å²) >= 11 is 7.20. The molecule has 29 heavy (non-hydrogen) atoms. The van der Waals surface area contributed by atoms with Gasteiger partial charge in [-0.3, -0.25) is 9.59 Å². The van der Waals surface area contributed by atoms with Crippen molar-refractivity contribution in [2.45, 2.75) is 30.6 Å². The Morgan fingerprint density at radius 3 is 2.17 bits per heavy atom. The summed E-state index contributed by atoms with van der Waals surface area (Å²) in [6.07, 6.45) is 4.12. The van der Waals surface area contributed by atoms with Crippen molar-refractivity contribution in [1.82, 2.24) is 4.90 Å². The SMILES string of the molecule is O=C1C(Sc2ccc(Cl)cc2)=C(N2CCCCCC2)C(=O)N1c1ccccc1F. The average molecular weight is 431 g/mol. The molecule has 0 saturated carbocycles. The molecule has 2 aromatic rings. The fraction of sp³-hybridized carbons (Fsp3) is 0.273. The van der Waals surface area contributed by atoms with Gasteiger partial charge < -0.3 is 4.90 Å². The molecule has 0 spiro atoms. The maximum Gasteiger partial charge on any atom is 0.283 e. The van der Waals surface area contributed by atoms with Gasteiger partial charge in [0, 0.05) is 23.0 Å². The molecule has 150 valence electrons. The third kappa shape index (κ3) is 4.05. The Bertz CT molecular complexity index is 969. The predicted octanol–water partition coefficient (Wildman–Crippen LogP) is 5.23. The summed E-state index contributed by atoms with van der Waals surface area (Å²) in [6.45, 7) is 1.42. The van der Waals surface area contributed by atoms with Crippen LogP contribution in [-0.2, 0) is 9.59 Å². The van der Waals surface area contributed by atoms with Gasteiger partial charge in [0.25, 0.3) is 11.8 Å². The monoisotopic (exact) mass is 430 g/mol. The third-order valence-electron chi connectivity index (χ3n) is 5.07. The predicted molar refractivity (Wildman–Crippen MR) is 113 cm³/mol. The Kier molecular flexibility index (Phi) is 5.92. The molecule has 2 aromatic carbocycles. The number of imide groups is 1. The largest absolute Gasteiger partial charge is 0.366 e. The molecule has 1 saturated heterocycles. The van der Waals surface area contributed by atoms with Crippen LogP contribution >= 0.6 is 23.4 Å². The minimum atomic E-state index is -0.595. The van der Waals surface area contributed by atoms with E-state index in [0.717, 1.165) is 35.5 Å². The number of hydrogen-bond donors (Lipinski definition) is 0. The number of para-hydroxylation sites is 1. The van der Waals surface area contributed by atoms with Crippen LogP contribution in [0.25, 0.3) is 0 Å². The van der Waals surface area contributed by atoms with Gasteiger partial charge in [-0.2, -0.15) is 0 Å². The third-order valence-corrected chi connectivity index (χ3v) is 6.40. The number of nitrogens with zero attached hydrogens (tertiary/aromatic N) is 2. The molecule has 2 amide bonds. The molecule has 2 aliphatic rings. The zero-order valence-electron chi connectivity index (χ0n) is 15.7. The lowest BCUT2D eigenvalue weighted by molar-refractivity contribution is -0.121. The number of amides is 2. The highest BCUT2D eigenvalue weighted by Gasteiger charge is 2.43. The van der Waals surface area contributed by atoms with E-state index in [2.05, 4.69) is 0 Å². The van der Waals surface area contributed by atoms with Crippen molar-refractivity contribution in [2.24, 2.45) is 0 Å². The number of rotatable bonds is 4. The van der Waals surface area contributed by atoms with Crippen molar-refractivity contribution in [3.8, 4) is 0 Å². The van der Waals surface area contributed by atoms with E-state index in [1.807, 2.05) is 17.0 Å². The molecular formula is C22H20ClFN2O2S. The summed E-state index contributed by atoms with van der Waals surface area (Å²) in [5.74, 6) is -1.54. The molecule has 2 heterocycles. The first-order valence-corrected chi connectivity index (χ1v) is 10.8. The lowest BCUT2D eigenvalue weighted by Gasteiger charge is -2.24. The first-order valence-electron chi connectivity index (χ1n) is 9.62. The maximum atomic E-state index is 14.4. The molecule has 0 unspecified atom stereocenters. The summed E-state index contributed by atoms with van der Waals surface area (Å²) in [5, 5.41) is 0.595. The summed E-state index contributed by atoms with van der Waals surface area (Å²) < 4.78 is 14.4. The minimum absolute atomic E-state index is 0.0125. The quantitative estimate of drug-likeness (QED) is 0.622. The molecule has 2 aliphatic heterocycles. The number of anilines is 1. The lowest BCUT2D eigenvalue weighted by Crippen LogP contribution is -2.36. The minimum Gasteiger partial charge on any atom is -0.366 e. The average Bonchev–Trinajstić information content (AvgIpc) is 2.89. The van der Waals surface area contributed by atoms with Crippen LogP contribution in [0, 0.1) is 5.82 Å². The highest BCUT2D eigenvalue weighted by molar-refractivity contribution is 8.04. The van der Waals surface area contributed by atoms with Crippen molar-refractivity contribution >= 4 is 40.9 Å². The number of likely N-dealkylation sites (tertiary alicyclic amines) is 1. The molecule has 0 aromatic heterocycles. The van der Waals surface area contributed by atoms with Gasteiger partial charge in [0.2, 0.25) is 0 Å². The zero-order valence-corrected chi connectivity index (χ0v) is 17.3. The summed E-state index contributed by atoms with van der Waals surface area (Å²) in [4.78, 5) is 30.7. The van der Waals surface area contributed by atoms with Crippen LogP contribution < -0.4 is 4.90 Å². The summed E-state index contributed by atoms with van der Waals surface area (Å²) in [6, 6.07) is 13.0. The fourth-order valence-corrected chi connectivity index (χ4v) is 4.76. The Morgan fingerprint density at radius 1 is 0.862 bits per heavy atom. The van der Waals surface area contributed by atoms with E-state index in [4.69, 9.17) is 11.6 Å². The summed E-state index contributed by atoms with van der Waals surface area (Å²) in [5.41, 5.74) is 0.363. The Hall–Kier alpha value is -2.31. The molecule has 1 fully saturated rings. The van der Waals surface area contributed by atoms with E-state index in [9.17, 15) is 14.0 Å². The van der Waals surface area contributed by atoms with Gasteiger partial charge in [0.05, 0.1) is 5.69 Å². The van der Waals surface area contributed by atoms with Crippen LogP contribution in [-0.4, -0.2) is 29.8 Å². The van der Waals surface area contributed by atoms with E-state index < -0.39 is 17.6 Å². The van der Waals surface area contributed by atoms with Crippen LogP contribution in [0.15, 0.2) is 64.0 Å². The highest BCUT2D eigenvalue weighted by Crippen LogP contribution is 2.40. The van der Waals surface area contributed by atoms with E-state index in [1.54, 1.807) is 18.2 Å². The van der Waals surface area contributed by atoms with Gasteiger partial charge in [-0.25, -0.2) is 9.29 Å².